The van der Waals surface area contributed by atoms with Gasteiger partial charge in [0.1, 0.15) is 23.1 Å². The van der Waals surface area contributed by atoms with Crippen LogP contribution in [0.3, 0.4) is 0 Å². The summed E-state index contributed by atoms with van der Waals surface area (Å²) in [4.78, 5) is 29.6. The zero-order valence-corrected chi connectivity index (χ0v) is 19.2. The van der Waals surface area contributed by atoms with E-state index in [0.717, 1.165) is 28.8 Å². The standard InChI is InChI=1S/C24H22N4O5S/c1-2-9-27-22(30)13-21(29)25-24(27)34-14-23(31)28-17(19-8-5-10-32-19)12-16(26-28)20-11-15-6-3-4-7-18(15)33-20/h3-8,10-11,13,17,29H,2,9,12,14H2,1H3/t17-/m1/s1. The lowest BCUT2D eigenvalue weighted by atomic mass is 10.1. The fourth-order valence-electron chi connectivity index (χ4n) is 3.92. The Hall–Kier alpha value is -3.79. The van der Waals surface area contributed by atoms with Crippen LogP contribution >= 0.6 is 11.8 Å². The number of fused-ring (bicyclic) bond motifs is 1. The fourth-order valence-corrected chi connectivity index (χ4v) is 4.80. The second kappa shape index (κ2) is 9.22. The van der Waals surface area contributed by atoms with Crippen molar-refractivity contribution in [1.29, 1.82) is 0 Å². The van der Waals surface area contributed by atoms with Gasteiger partial charge in [-0.2, -0.15) is 10.1 Å². The number of nitrogens with zero attached hydrogens (tertiary/aromatic N) is 4. The van der Waals surface area contributed by atoms with E-state index in [2.05, 4.69) is 10.1 Å². The van der Waals surface area contributed by atoms with E-state index in [4.69, 9.17) is 8.83 Å². The first-order valence-corrected chi connectivity index (χ1v) is 11.9. The summed E-state index contributed by atoms with van der Waals surface area (Å²) in [6.07, 6.45) is 2.71. The van der Waals surface area contributed by atoms with Crippen LogP contribution in [0.4, 0.5) is 0 Å². The van der Waals surface area contributed by atoms with Crippen LogP contribution in [0.25, 0.3) is 11.0 Å². The van der Waals surface area contributed by atoms with Gasteiger partial charge in [-0.05, 0) is 30.7 Å². The highest BCUT2D eigenvalue weighted by molar-refractivity contribution is 7.99. The molecule has 1 aliphatic rings. The minimum atomic E-state index is -0.415. The molecule has 0 unspecified atom stereocenters. The van der Waals surface area contributed by atoms with Crippen molar-refractivity contribution in [3.05, 3.63) is 76.7 Å². The van der Waals surface area contributed by atoms with Crippen LogP contribution in [0.1, 0.15) is 37.3 Å². The number of hydrazone groups is 1. The summed E-state index contributed by atoms with van der Waals surface area (Å²) in [7, 11) is 0. The molecule has 0 saturated carbocycles. The quantitative estimate of drug-likeness (QED) is 0.313. The average Bonchev–Trinajstić information content (AvgIpc) is 3.57. The number of hydrogen-bond acceptors (Lipinski definition) is 8. The van der Waals surface area contributed by atoms with Gasteiger partial charge in [-0.15, -0.1) is 0 Å². The van der Waals surface area contributed by atoms with Gasteiger partial charge in [0.05, 0.1) is 18.1 Å². The summed E-state index contributed by atoms with van der Waals surface area (Å²) in [5.74, 6) is 0.553. The predicted octanol–water partition coefficient (Wildman–Crippen LogP) is 4.17. The molecular formula is C24H22N4O5S. The highest BCUT2D eigenvalue weighted by atomic mass is 32.2. The Morgan fingerprint density at radius 2 is 2.09 bits per heavy atom. The van der Waals surface area contributed by atoms with Crippen molar-refractivity contribution in [3.8, 4) is 5.88 Å². The van der Waals surface area contributed by atoms with Crippen LogP contribution in [0.15, 0.2) is 78.7 Å². The smallest absolute Gasteiger partial charge is 0.257 e. The topological polar surface area (TPSA) is 114 Å². The highest BCUT2D eigenvalue weighted by Gasteiger charge is 2.36. The molecule has 0 aliphatic carbocycles. The van der Waals surface area contributed by atoms with Gasteiger partial charge in [-0.25, -0.2) is 5.01 Å². The first-order valence-electron chi connectivity index (χ1n) is 10.9. The molecule has 9 nitrogen and oxygen atoms in total. The van der Waals surface area contributed by atoms with Crippen molar-refractivity contribution < 1.29 is 18.7 Å². The molecule has 10 heteroatoms. The van der Waals surface area contributed by atoms with Gasteiger partial charge in [0, 0.05) is 18.4 Å². The van der Waals surface area contributed by atoms with E-state index in [1.807, 2.05) is 43.3 Å². The van der Waals surface area contributed by atoms with Crippen LogP contribution in [-0.4, -0.2) is 37.0 Å². The maximum atomic E-state index is 13.3. The second-order valence-corrected chi connectivity index (χ2v) is 8.79. The summed E-state index contributed by atoms with van der Waals surface area (Å²) in [5, 5.41) is 17.0. The monoisotopic (exact) mass is 478 g/mol. The molecule has 1 atom stereocenters. The number of rotatable bonds is 7. The number of thioether (sulfide) groups is 1. The minimum absolute atomic E-state index is 0.0201. The Bertz CT molecular complexity index is 1390. The van der Waals surface area contributed by atoms with Gasteiger partial charge in [-0.3, -0.25) is 14.2 Å². The van der Waals surface area contributed by atoms with Gasteiger partial charge in [0.25, 0.3) is 11.5 Å². The molecule has 0 spiro atoms. The molecule has 0 bridgehead atoms. The van der Waals surface area contributed by atoms with Gasteiger partial charge in [0.15, 0.2) is 10.9 Å². The molecule has 0 saturated heterocycles. The second-order valence-electron chi connectivity index (χ2n) is 7.84. The number of para-hydroxylation sites is 1. The zero-order chi connectivity index (χ0) is 23.7. The van der Waals surface area contributed by atoms with E-state index in [-0.39, 0.29) is 28.3 Å². The van der Waals surface area contributed by atoms with E-state index in [1.54, 1.807) is 12.3 Å². The van der Waals surface area contributed by atoms with Crippen LogP contribution in [-0.2, 0) is 11.3 Å². The molecule has 174 valence electrons. The Morgan fingerprint density at radius 3 is 2.85 bits per heavy atom. The van der Waals surface area contributed by atoms with Crippen LogP contribution in [0.2, 0.25) is 0 Å². The van der Waals surface area contributed by atoms with Gasteiger partial charge in [0.2, 0.25) is 5.88 Å². The molecule has 1 amide bonds. The largest absolute Gasteiger partial charge is 0.493 e. The Balaban J connectivity index is 1.42. The third-order valence-electron chi connectivity index (χ3n) is 5.48. The van der Waals surface area contributed by atoms with Gasteiger partial charge >= 0.3 is 0 Å². The van der Waals surface area contributed by atoms with E-state index < -0.39 is 6.04 Å². The van der Waals surface area contributed by atoms with E-state index in [9.17, 15) is 14.7 Å². The number of furan rings is 2. The molecule has 1 aliphatic heterocycles. The van der Waals surface area contributed by atoms with Crippen molar-refractivity contribution in [2.24, 2.45) is 5.10 Å². The van der Waals surface area contributed by atoms with E-state index in [0.29, 0.717) is 36.6 Å². The maximum Gasteiger partial charge on any atom is 0.257 e. The summed E-state index contributed by atoms with van der Waals surface area (Å²) in [6.45, 7) is 2.38. The molecule has 0 radical (unpaired) electrons. The number of aromatic hydroxyl groups is 1. The van der Waals surface area contributed by atoms with Crippen molar-refractivity contribution in [2.75, 3.05) is 5.75 Å². The summed E-state index contributed by atoms with van der Waals surface area (Å²) < 4.78 is 13.0. The molecule has 0 fully saturated rings. The first kappa shape index (κ1) is 22.0. The lowest BCUT2D eigenvalue weighted by Gasteiger charge is -2.20. The molecular weight excluding hydrogens is 456 g/mol. The van der Waals surface area contributed by atoms with E-state index in [1.165, 1.54) is 9.58 Å². The number of carbonyl (C=O) groups is 1. The molecule has 1 N–H and O–H groups in total. The molecule has 5 rings (SSSR count). The number of hydrogen-bond donors (Lipinski definition) is 1. The van der Waals surface area contributed by atoms with Crippen LogP contribution in [0, 0.1) is 0 Å². The van der Waals surface area contributed by atoms with Crippen molar-refractivity contribution >= 4 is 34.3 Å². The molecule has 1 aromatic carbocycles. The minimum Gasteiger partial charge on any atom is -0.493 e. The summed E-state index contributed by atoms with van der Waals surface area (Å²) >= 11 is 1.09. The Labute approximate surface area is 198 Å². The third-order valence-corrected chi connectivity index (χ3v) is 6.44. The molecule has 3 aromatic heterocycles. The average molecular weight is 479 g/mol. The van der Waals surface area contributed by atoms with Gasteiger partial charge < -0.3 is 13.9 Å². The predicted molar refractivity (Wildman–Crippen MR) is 127 cm³/mol. The summed E-state index contributed by atoms with van der Waals surface area (Å²) in [6, 6.07) is 13.8. The Kier molecular flexibility index (Phi) is 5.97. The summed E-state index contributed by atoms with van der Waals surface area (Å²) in [5.41, 5.74) is 1.04. The maximum absolute atomic E-state index is 13.3. The van der Waals surface area contributed by atoms with Gasteiger partial charge in [-0.1, -0.05) is 36.9 Å². The normalized spacial score (nSPS) is 15.7. The van der Waals surface area contributed by atoms with Crippen molar-refractivity contribution in [1.82, 2.24) is 14.6 Å². The van der Waals surface area contributed by atoms with Crippen LogP contribution < -0.4 is 5.56 Å². The third kappa shape index (κ3) is 4.24. The number of aromatic nitrogens is 2. The zero-order valence-electron chi connectivity index (χ0n) is 18.4. The van der Waals surface area contributed by atoms with Crippen LogP contribution in [0.5, 0.6) is 5.88 Å². The SMILES string of the molecule is CCCn1c(SCC(=O)N2N=C(c3cc4ccccc4o3)C[C@@H]2c2ccco2)nc(O)cc1=O. The number of benzene rings is 1. The van der Waals surface area contributed by atoms with Crippen molar-refractivity contribution in [3.63, 3.8) is 0 Å². The van der Waals surface area contributed by atoms with Crippen molar-refractivity contribution in [2.45, 2.75) is 37.5 Å². The molecule has 34 heavy (non-hydrogen) atoms. The number of amides is 1. The Morgan fingerprint density at radius 1 is 1.24 bits per heavy atom. The highest BCUT2D eigenvalue weighted by Crippen LogP contribution is 2.35. The molecule has 4 heterocycles. The first-order chi connectivity index (χ1) is 16.5. The lowest BCUT2D eigenvalue weighted by molar-refractivity contribution is -0.130. The fraction of sp³-hybridized carbons (Fsp3) is 0.250. The van der Waals surface area contributed by atoms with E-state index >= 15 is 0 Å². The number of carbonyl (C=O) groups excluding carboxylic acids is 1. The molecule has 4 aromatic rings. The lowest BCUT2D eigenvalue weighted by Crippen LogP contribution is -2.29.